The molecule has 0 unspecified atom stereocenters. The number of nitrogens with zero attached hydrogens (tertiary/aromatic N) is 1. The van der Waals surface area contributed by atoms with Gasteiger partial charge < -0.3 is 15.1 Å². The third kappa shape index (κ3) is 29.7. The molecule has 3 nitrogen and oxygen atoms in total. The van der Waals surface area contributed by atoms with Crippen molar-refractivity contribution in [2.45, 2.75) is 174 Å². The Bertz CT molecular complexity index is 406. The Morgan fingerprint density at radius 3 is 0.972 bits per heavy atom. The molecule has 0 aliphatic carbocycles. The van der Waals surface area contributed by atoms with Crippen molar-refractivity contribution in [2.75, 3.05) is 26.3 Å². The predicted octanol–water partition coefficient (Wildman–Crippen LogP) is 9.95. The molecule has 0 heterocycles. The summed E-state index contributed by atoms with van der Waals surface area (Å²) in [6, 6.07) is 0. The van der Waals surface area contributed by atoms with E-state index in [-0.39, 0.29) is 13.2 Å². The van der Waals surface area contributed by atoms with Crippen LogP contribution < -0.4 is 0 Å². The molecular formula is C33H67NO2. The number of aliphatic hydroxyl groups excluding tert-OH is 2. The Hall–Kier alpha value is -0.540. The molecule has 36 heavy (non-hydrogen) atoms. The van der Waals surface area contributed by atoms with E-state index in [0.29, 0.717) is 13.1 Å². The molecule has 0 saturated carbocycles. The summed E-state index contributed by atoms with van der Waals surface area (Å²) in [4.78, 5) is 1.99. The molecule has 0 spiro atoms. The maximum absolute atomic E-state index is 9.01. The number of unbranched alkanes of at least 4 members (excludes halogenated alkanes) is 25. The summed E-state index contributed by atoms with van der Waals surface area (Å²) < 4.78 is 0. The summed E-state index contributed by atoms with van der Waals surface area (Å²) in [5.41, 5.74) is 0. The van der Waals surface area contributed by atoms with Crippen LogP contribution in [0, 0.1) is 0 Å². The van der Waals surface area contributed by atoms with Crippen molar-refractivity contribution in [1.82, 2.24) is 4.90 Å². The first-order chi connectivity index (χ1) is 17.8. The zero-order chi connectivity index (χ0) is 26.2. The first kappa shape index (κ1) is 35.5. The van der Waals surface area contributed by atoms with Gasteiger partial charge in [0.2, 0.25) is 0 Å². The Morgan fingerprint density at radius 1 is 0.417 bits per heavy atom. The summed E-state index contributed by atoms with van der Waals surface area (Å²) in [6.07, 6.45) is 41.2. The lowest BCUT2D eigenvalue weighted by Crippen LogP contribution is -2.24. The quantitative estimate of drug-likeness (QED) is 0.0913. The average molecular weight is 510 g/mol. The molecule has 0 amide bonds. The second kappa shape index (κ2) is 32.5. The molecule has 0 saturated heterocycles. The standard InChI is InChI=1S/C33H67NO2/c1-2-3-4-5-6-7-8-9-10-11-12-13-14-15-16-17-18-19-20-21-22-23-24-25-26-27-28-29-34(30-32-35)31-33-36/h28-29,35-36H,2-27,30-33H2,1H3. The summed E-state index contributed by atoms with van der Waals surface area (Å²) in [7, 11) is 0. The SMILES string of the molecule is CCCCCCCCCCCCCCCCCCCCCCCCCCCC=CN(CCO)CCO. The van der Waals surface area contributed by atoms with E-state index in [2.05, 4.69) is 13.0 Å². The molecule has 0 bridgehead atoms. The van der Waals surface area contributed by atoms with Gasteiger partial charge in [-0.05, 0) is 19.0 Å². The van der Waals surface area contributed by atoms with Gasteiger partial charge in [0.25, 0.3) is 0 Å². The Balaban J connectivity index is 3.14. The molecule has 3 heteroatoms. The lowest BCUT2D eigenvalue weighted by Gasteiger charge is -2.17. The fraction of sp³-hybridized carbons (Fsp3) is 0.939. The maximum atomic E-state index is 9.01. The van der Waals surface area contributed by atoms with Crippen LogP contribution in [-0.4, -0.2) is 41.4 Å². The molecule has 0 fully saturated rings. The second-order valence-electron chi connectivity index (χ2n) is 11.1. The highest BCUT2D eigenvalue weighted by atomic mass is 16.3. The van der Waals surface area contributed by atoms with Gasteiger partial charge in [0.1, 0.15) is 0 Å². The van der Waals surface area contributed by atoms with E-state index in [9.17, 15) is 0 Å². The van der Waals surface area contributed by atoms with Crippen LogP contribution in [0.1, 0.15) is 174 Å². The van der Waals surface area contributed by atoms with Gasteiger partial charge in [-0.2, -0.15) is 0 Å². The number of aliphatic hydroxyl groups is 2. The van der Waals surface area contributed by atoms with Gasteiger partial charge in [0, 0.05) is 13.1 Å². The van der Waals surface area contributed by atoms with E-state index in [1.807, 2.05) is 11.1 Å². The van der Waals surface area contributed by atoms with Gasteiger partial charge in [-0.15, -0.1) is 0 Å². The summed E-state index contributed by atoms with van der Waals surface area (Å²) in [5, 5.41) is 18.0. The lowest BCUT2D eigenvalue weighted by atomic mass is 10.0. The van der Waals surface area contributed by atoms with Gasteiger partial charge in [-0.1, -0.05) is 167 Å². The first-order valence-corrected chi connectivity index (χ1v) is 16.5. The van der Waals surface area contributed by atoms with Gasteiger partial charge in [0.15, 0.2) is 0 Å². The monoisotopic (exact) mass is 510 g/mol. The number of hydrogen-bond donors (Lipinski definition) is 2. The van der Waals surface area contributed by atoms with Crippen molar-refractivity contribution in [3.05, 3.63) is 12.3 Å². The minimum atomic E-state index is 0.143. The number of rotatable bonds is 31. The van der Waals surface area contributed by atoms with Crippen molar-refractivity contribution in [2.24, 2.45) is 0 Å². The fourth-order valence-electron chi connectivity index (χ4n) is 5.14. The van der Waals surface area contributed by atoms with Crippen molar-refractivity contribution in [3.8, 4) is 0 Å². The van der Waals surface area contributed by atoms with Crippen LogP contribution in [0.5, 0.6) is 0 Å². The Kier molecular flexibility index (Phi) is 32.0. The molecular weight excluding hydrogens is 442 g/mol. The minimum absolute atomic E-state index is 0.143. The van der Waals surface area contributed by atoms with Crippen LogP contribution in [0.4, 0.5) is 0 Å². The van der Waals surface area contributed by atoms with E-state index in [0.717, 1.165) is 6.42 Å². The topological polar surface area (TPSA) is 43.7 Å². The molecule has 0 aromatic carbocycles. The smallest absolute Gasteiger partial charge is 0.0606 e. The van der Waals surface area contributed by atoms with Crippen LogP contribution in [-0.2, 0) is 0 Å². The molecule has 2 N–H and O–H groups in total. The highest BCUT2D eigenvalue weighted by Gasteiger charge is 1.97. The lowest BCUT2D eigenvalue weighted by molar-refractivity contribution is 0.198. The van der Waals surface area contributed by atoms with Gasteiger partial charge >= 0.3 is 0 Å². The zero-order valence-electron chi connectivity index (χ0n) is 24.7. The molecule has 0 atom stereocenters. The molecule has 0 rings (SSSR count). The van der Waals surface area contributed by atoms with E-state index in [1.165, 1.54) is 161 Å². The predicted molar refractivity (Wildman–Crippen MR) is 161 cm³/mol. The summed E-state index contributed by atoms with van der Waals surface area (Å²) >= 11 is 0. The Morgan fingerprint density at radius 2 is 0.694 bits per heavy atom. The normalized spacial score (nSPS) is 11.6. The minimum Gasteiger partial charge on any atom is -0.395 e. The highest BCUT2D eigenvalue weighted by Crippen LogP contribution is 2.16. The number of hydrogen-bond acceptors (Lipinski definition) is 3. The van der Waals surface area contributed by atoms with E-state index < -0.39 is 0 Å². The van der Waals surface area contributed by atoms with Crippen LogP contribution in [0.3, 0.4) is 0 Å². The highest BCUT2D eigenvalue weighted by molar-refractivity contribution is 4.82. The van der Waals surface area contributed by atoms with Crippen molar-refractivity contribution < 1.29 is 10.2 Å². The molecule has 0 aromatic rings. The number of allylic oxidation sites excluding steroid dienone is 1. The molecule has 0 aliphatic rings. The molecule has 0 aliphatic heterocycles. The van der Waals surface area contributed by atoms with Crippen LogP contribution in [0.15, 0.2) is 12.3 Å². The van der Waals surface area contributed by atoms with E-state index >= 15 is 0 Å². The third-order valence-electron chi connectivity index (χ3n) is 7.56. The molecule has 216 valence electrons. The van der Waals surface area contributed by atoms with Gasteiger partial charge in [-0.3, -0.25) is 0 Å². The molecule has 0 radical (unpaired) electrons. The second-order valence-corrected chi connectivity index (χ2v) is 11.1. The van der Waals surface area contributed by atoms with E-state index in [4.69, 9.17) is 10.2 Å². The van der Waals surface area contributed by atoms with E-state index in [1.54, 1.807) is 0 Å². The Labute approximate surface area is 227 Å². The average Bonchev–Trinajstić information content (AvgIpc) is 2.88. The summed E-state index contributed by atoms with van der Waals surface area (Å²) in [6.45, 7) is 3.80. The third-order valence-corrected chi connectivity index (χ3v) is 7.56. The van der Waals surface area contributed by atoms with Crippen molar-refractivity contribution in [3.63, 3.8) is 0 Å². The van der Waals surface area contributed by atoms with Gasteiger partial charge in [0.05, 0.1) is 13.2 Å². The maximum Gasteiger partial charge on any atom is 0.0606 e. The zero-order valence-corrected chi connectivity index (χ0v) is 24.7. The molecule has 0 aromatic heterocycles. The first-order valence-electron chi connectivity index (χ1n) is 16.5. The van der Waals surface area contributed by atoms with Crippen LogP contribution in [0.2, 0.25) is 0 Å². The van der Waals surface area contributed by atoms with Crippen molar-refractivity contribution in [1.29, 1.82) is 0 Å². The van der Waals surface area contributed by atoms with Crippen LogP contribution in [0.25, 0.3) is 0 Å². The summed E-state index contributed by atoms with van der Waals surface area (Å²) in [5.74, 6) is 0. The van der Waals surface area contributed by atoms with Gasteiger partial charge in [-0.25, -0.2) is 0 Å². The van der Waals surface area contributed by atoms with Crippen molar-refractivity contribution >= 4 is 0 Å². The fourth-order valence-corrected chi connectivity index (χ4v) is 5.14. The van der Waals surface area contributed by atoms with Crippen LogP contribution >= 0.6 is 0 Å². The largest absolute Gasteiger partial charge is 0.395 e.